The van der Waals surface area contributed by atoms with Crippen molar-refractivity contribution in [1.29, 1.82) is 0 Å². The molecule has 8 aromatic rings. The fraction of sp³-hybridized carbons (Fsp3) is 0.235. The molecule has 2 aliphatic rings. The number of rotatable bonds is 8. The summed E-state index contributed by atoms with van der Waals surface area (Å²) >= 11 is 0. The molecule has 2 fully saturated rings. The predicted octanol–water partition coefficient (Wildman–Crippen LogP) is 12.2. The first kappa shape index (κ1) is 17.2. The minimum atomic E-state index is -4.45. The Bertz CT molecular complexity index is 3940. The average molecular weight is 770 g/mol. The van der Waals surface area contributed by atoms with Crippen molar-refractivity contribution >= 4 is 40.3 Å². The Hall–Kier alpha value is -5.65. The summed E-state index contributed by atoms with van der Waals surface area (Å²) in [6, 6.07) is -17.2. The molecule has 0 N–H and O–H groups in total. The van der Waals surface area contributed by atoms with Crippen LogP contribution in [0, 0.1) is 0 Å². The van der Waals surface area contributed by atoms with Crippen molar-refractivity contribution in [2.75, 3.05) is 0 Å². The number of hydrogen-bond donors (Lipinski definition) is 0. The summed E-state index contributed by atoms with van der Waals surface area (Å²) in [6.45, 7) is 0. The van der Waals surface area contributed by atoms with Crippen molar-refractivity contribution in [1.82, 2.24) is 19.5 Å². The molecule has 0 aliphatic heterocycles. The molecule has 6 aromatic carbocycles. The molecule has 2 saturated carbocycles. The van der Waals surface area contributed by atoms with Gasteiger partial charge in [-0.1, -0.05) is 220 Å². The largest absolute Gasteiger partial charge is 0.278 e. The third-order valence-corrected chi connectivity index (χ3v) is 17.1. The van der Waals surface area contributed by atoms with Gasteiger partial charge in [0.25, 0.3) is 0 Å². The van der Waals surface area contributed by atoms with Gasteiger partial charge < -0.3 is 0 Å². The van der Waals surface area contributed by atoms with Crippen molar-refractivity contribution < 1.29 is 34.3 Å². The molecule has 10 rings (SSSR count). The normalized spacial score (nSPS) is 22.0. The van der Waals surface area contributed by atoms with Crippen LogP contribution in [0.15, 0.2) is 157 Å². The maximum atomic E-state index is 10.6. The lowest BCUT2D eigenvalue weighted by Gasteiger charge is -2.49. The van der Waals surface area contributed by atoms with Gasteiger partial charge in [-0.15, -0.1) is 0 Å². The molecule has 4 nitrogen and oxygen atoms in total. The molecule has 0 unspecified atom stereocenters. The van der Waals surface area contributed by atoms with Crippen LogP contribution in [-0.2, 0) is 0 Å². The summed E-state index contributed by atoms with van der Waals surface area (Å²) < 4.78 is 229. The SMILES string of the molecule is [2H]c1cc(-c2c([2H])c([2H])c([2H])c([Si](c3c([2H])c([2H])c([2H])c(-c4nc(-c5c([2H])c([2H])c([2H])c([2H])c5[2H])nc(-n5c6c([2H])c([2H])c([2H])c([2H])c6c6c([2H])c([2H])c([2H])c([2H])c65)n4)c3[2H])(C3CCCCC3)C3CCCCC3)c2[2H])c([2H])c([2H])c1[2H]. The van der Waals surface area contributed by atoms with Gasteiger partial charge in [0.05, 0.1) is 45.3 Å². The van der Waals surface area contributed by atoms with Crippen molar-refractivity contribution in [2.45, 2.75) is 75.3 Å². The molecule has 0 saturated heterocycles. The highest BCUT2D eigenvalue weighted by atomic mass is 28.3. The molecule has 2 aromatic heterocycles. The van der Waals surface area contributed by atoms with Gasteiger partial charge in [-0.3, -0.25) is 4.57 Å². The van der Waals surface area contributed by atoms with E-state index in [9.17, 15) is 13.7 Å². The van der Waals surface area contributed by atoms with E-state index in [1.165, 1.54) is 0 Å². The van der Waals surface area contributed by atoms with Gasteiger partial charge in [0.2, 0.25) is 5.95 Å². The third kappa shape index (κ3) is 6.19. The van der Waals surface area contributed by atoms with Crippen LogP contribution in [0.3, 0.4) is 0 Å². The van der Waals surface area contributed by atoms with Gasteiger partial charge in [-0.25, -0.2) is 4.98 Å². The predicted molar refractivity (Wildman–Crippen MR) is 236 cm³/mol. The summed E-state index contributed by atoms with van der Waals surface area (Å²) in [4.78, 5) is 13.9. The monoisotopic (exact) mass is 770 g/mol. The number of para-hydroxylation sites is 2. The van der Waals surface area contributed by atoms with E-state index in [1.54, 1.807) is 0 Å². The number of nitrogens with zero attached hydrogens (tertiary/aromatic N) is 4. The smallest absolute Gasteiger partial charge is 0.238 e. The molecule has 0 amide bonds. The van der Waals surface area contributed by atoms with Gasteiger partial charge in [-0.2, -0.15) is 9.97 Å². The maximum absolute atomic E-state index is 10.6. The Morgan fingerprint density at radius 2 is 0.929 bits per heavy atom. The van der Waals surface area contributed by atoms with Crippen LogP contribution in [0.4, 0.5) is 0 Å². The van der Waals surface area contributed by atoms with Gasteiger partial charge in [0.15, 0.2) is 11.6 Å². The van der Waals surface area contributed by atoms with Crippen LogP contribution < -0.4 is 10.4 Å². The highest BCUT2D eigenvalue weighted by Gasteiger charge is 2.50. The fourth-order valence-corrected chi connectivity index (χ4v) is 15.2. The van der Waals surface area contributed by atoms with E-state index >= 15 is 0 Å². The van der Waals surface area contributed by atoms with E-state index < -0.39 is 221 Å². The summed E-state index contributed by atoms with van der Waals surface area (Å²) in [6.07, 6.45) is 5.68. The summed E-state index contributed by atoms with van der Waals surface area (Å²) in [5.41, 5.74) is -4.05. The topological polar surface area (TPSA) is 43.6 Å². The molecule has 0 bridgehead atoms. The van der Waals surface area contributed by atoms with E-state index in [2.05, 4.69) is 9.97 Å². The van der Waals surface area contributed by atoms with Crippen molar-refractivity contribution in [3.8, 4) is 39.9 Å². The van der Waals surface area contributed by atoms with Crippen LogP contribution in [0.2, 0.25) is 11.1 Å². The van der Waals surface area contributed by atoms with Crippen LogP contribution in [-0.4, -0.2) is 27.6 Å². The average Bonchev–Trinajstić information content (AvgIpc) is 2.91. The zero-order valence-corrected chi connectivity index (χ0v) is 31.1. The quantitative estimate of drug-likeness (QED) is 0.145. The highest BCUT2D eigenvalue weighted by Crippen LogP contribution is 2.48. The molecule has 276 valence electrons. The number of fused-ring (bicyclic) bond motifs is 3. The zero-order chi connectivity index (χ0) is 59.1. The summed E-state index contributed by atoms with van der Waals surface area (Å²) in [5.74, 6) is -2.25. The Kier molecular flexibility index (Phi) is 4.65. The Morgan fingerprint density at radius 1 is 0.446 bits per heavy atom. The highest BCUT2D eigenvalue weighted by molar-refractivity contribution is 7.04. The molecule has 2 heterocycles. The van der Waals surface area contributed by atoms with E-state index in [4.69, 9.17) is 25.5 Å². The molecule has 0 atom stereocenters. The van der Waals surface area contributed by atoms with Gasteiger partial charge >= 0.3 is 0 Å². The summed E-state index contributed by atoms with van der Waals surface area (Å²) in [5, 5.41) is -1.07. The lowest BCUT2D eigenvalue weighted by Crippen LogP contribution is -2.65. The minimum Gasteiger partial charge on any atom is -0.278 e. The lowest BCUT2D eigenvalue weighted by atomic mass is 9.99. The maximum Gasteiger partial charge on any atom is 0.238 e. The van der Waals surface area contributed by atoms with E-state index in [0.717, 1.165) is 23.5 Å². The molecule has 0 spiro atoms. The molecule has 0 radical (unpaired) electrons. The first-order valence-corrected chi connectivity index (χ1v) is 21.0. The Morgan fingerprint density at radius 3 is 1.55 bits per heavy atom. The number of benzene rings is 6. The molecular formula is C51H48N4Si. The van der Waals surface area contributed by atoms with Gasteiger partial charge in [-0.05, 0) is 34.3 Å². The van der Waals surface area contributed by atoms with Crippen LogP contribution in [0.25, 0.3) is 61.7 Å². The van der Waals surface area contributed by atoms with Crippen LogP contribution in [0.5, 0.6) is 0 Å². The standard InChI is InChI=1S/C51H48N4Si/c1-5-19-37(20-6-1)39-23-17-29-43(35-39)56(41-25-9-3-10-26-41,42-27-11-4-12-28-42)44-30-18-24-40(36-44)50-52-49(38-21-7-2-8-22-38)53-51(54-50)55-47-33-15-13-31-45(47)46-32-14-16-34-48(46)55/h1-2,5-8,13-24,29-36,41-42H,3-4,9-12,25-28H2/i1D,2D,5D,6D,7D,8D,13D,14D,15D,16D,17D,18D,19D,21D,22D,23D,24D,29D,30D,31D,32D,33D,34D,35D,36D. The molecular weight excluding hydrogens is 697 g/mol. The van der Waals surface area contributed by atoms with E-state index in [1.807, 2.05) is 0 Å². The lowest BCUT2D eigenvalue weighted by molar-refractivity contribution is 0.459. The first-order chi connectivity index (χ1) is 38.2. The van der Waals surface area contributed by atoms with Crippen molar-refractivity contribution in [3.63, 3.8) is 0 Å². The molecule has 5 heteroatoms. The van der Waals surface area contributed by atoms with Gasteiger partial charge in [0, 0.05) is 21.9 Å². The zero-order valence-electron chi connectivity index (χ0n) is 55.1. The molecule has 2 aliphatic carbocycles. The van der Waals surface area contributed by atoms with Crippen LogP contribution in [0.1, 0.15) is 98.5 Å². The second kappa shape index (κ2) is 15.1. The molecule has 56 heavy (non-hydrogen) atoms. The first-order valence-electron chi connectivity index (χ1n) is 31.3. The fourth-order valence-electron chi connectivity index (χ4n) is 8.82. The van der Waals surface area contributed by atoms with Crippen molar-refractivity contribution in [3.05, 3.63) is 157 Å². The number of hydrogen-bond acceptors (Lipinski definition) is 3. The minimum absolute atomic E-state index is 0.0977. The summed E-state index contributed by atoms with van der Waals surface area (Å²) in [7, 11) is -4.45. The Balaban J connectivity index is 1.42. The van der Waals surface area contributed by atoms with E-state index in [-0.39, 0.29) is 21.5 Å². The second-order valence-corrected chi connectivity index (χ2v) is 18.6. The second-order valence-electron chi connectivity index (χ2n) is 14.2. The van der Waals surface area contributed by atoms with Gasteiger partial charge in [0.1, 0.15) is 8.07 Å². The van der Waals surface area contributed by atoms with Crippen molar-refractivity contribution in [2.24, 2.45) is 0 Å². The Labute approximate surface area is 366 Å². The van der Waals surface area contributed by atoms with E-state index in [0.29, 0.717) is 51.4 Å². The third-order valence-electron chi connectivity index (χ3n) is 11.2. The number of aromatic nitrogens is 4. The van der Waals surface area contributed by atoms with Crippen LogP contribution >= 0.6 is 0 Å².